The molecule has 0 radical (unpaired) electrons. The van der Waals surface area contributed by atoms with Crippen LogP contribution in [-0.2, 0) is 0 Å². The van der Waals surface area contributed by atoms with Crippen molar-refractivity contribution in [3.63, 3.8) is 0 Å². The third kappa shape index (κ3) is 1.91. The van der Waals surface area contributed by atoms with Crippen LogP contribution in [0.4, 0.5) is 5.82 Å². The topological polar surface area (TPSA) is 104 Å². The minimum absolute atomic E-state index is 0.131. The van der Waals surface area contributed by atoms with Gasteiger partial charge in [-0.3, -0.25) is 0 Å². The number of oxime groups is 1. The molecule has 0 saturated carbocycles. The highest BCUT2D eigenvalue weighted by molar-refractivity contribution is 6.00. The van der Waals surface area contributed by atoms with Crippen molar-refractivity contribution in [2.45, 2.75) is 0 Å². The first-order chi connectivity index (χ1) is 7.72. The number of hydrogen-bond acceptors (Lipinski definition) is 7. The van der Waals surface area contributed by atoms with Crippen molar-refractivity contribution >= 4 is 11.7 Å². The Morgan fingerprint density at radius 3 is 2.56 bits per heavy atom. The molecule has 0 atom stereocenters. The fourth-order valence-electron chi connectivity index (χ4n) is 1.63. The molecule has 0 spiro atoms. The summed E-state index contributed by atoms with van der Waals surface area (Å²) in [7, 11) is 2.04. The third-order valence-electron chi connectivity index (χ3n) is 2.62. The van der Waals surface area contributed by atoms with Gasteiger partial charge in [0, 0.05) is 26.2 Å². The number of nitrogen functional groups attached to an aromatic ring is 1. The summed E-state index contributed by atoms with van der Waals surface area (Å²) in [6.07, 6.45) is 0. The summed E-state index contributed by atoms with van der Waals surface area (Å²) in [6.45, 7) is 3.29. The fraction of sp³-hybridized carbons (Fsp3) is 0.625. The summed E-state index contributed by atoms with van der Waals surface area (Å²) >= 11 is 0. The monoisotopic (exact) mass is 226 g/mol. The van der Waals surface area contributed by atoms with Gasteiger partial charge in [-0.2, -0.15) is 0 Å². The number of nitrogens with two attached hydrogens (primary N) is 1. The lowest BCUT2D eigenvalue weighted by Crippen LogP contribution is -2.47. The van der Waals surface area contributed by atoms with Crippen LogP contribution < -0.4 is 5.73 Å². The van der Waals surface area contributed by atoms with Crippen LogP contribution in [0.3, 0.4) is 0 Å². The van der Waals surface area contributed by atoms with E-state index in [1.807, 2.05) is 11.9 Å². The van der Waals surface area contributed by atoms with E-state index in [0.29, 0.717) is 5.84 Å². The number of anilines is 1. The molecule has 3 N–H and O–H groups in total. The second-order valence-electron chi connectivity index (χ2n) is 3.71. The van der Waals surface area contributed by atoms with E-state index in [1.54, 1.807) is 0 Å². The maximum Gasteiger partial charge on any atom is 0.201 e. The summed E-state index contributed by atoms with van der Waals surface area (Å²) in [4.78, 5) is 4.09. The Bertz CT molecular complexity index is 382. The molecule has 1 aromatic heterocycles. The summed E-state index contributed by atoms with van der Waals surface area (Å²) in [6, 6.07) is 0. The highest BCUT2D eigenvalue weighted by Gasteiger charge is 2.24. The summed E-state index contributed by atoms with van der Waals surface area (Å²) in [5, 5.41) is 19.3. The van der Waals surface area contributed by atoms with Crippen molar-refractivity contribution in [2.24, 2.45) is 5.16 Å². The van der Waals surface area contributed by atoms with Crippen LogP contribution in [0.5, 0.6) is 0 Å². The normalized spacial score (nSPS) is 19.1. The van der Waals surface area contributed by atoms with E-state index in [-0.39, 0.29) is 11.5 Å². The largest absolute Gasteiger partial charge is 0.409 e. The molecular formula is C8H14N6O2. The van der Waals surface area contributed by atoms with Gasteiger partial charge in [-0.05, 0) is 17.4 Å². The van der Waals surface area contributed by atoms with Gasteiger partial charge in [0.05, 0.1) is 0 Å². The molecule has 16 heavy (non-hydrogen) atoms. The van der Waals surface area contributed by atoms with Crippen LogP contribution in [0.15, 0.2) is 9.78 Å². The van der Waals surface area contributed by atoms with E-state index >= 15 is 0 Å². The van der Waals surface area contributed by atoms with E-state index in [9.17, 15) is 0 Å². The molecule has 8 heteroatoms. The first-order valence-corrected chi connectivity index (χ1v) is 4.96. The van der Waals surface area contributed by atoms with Crippen molar-refractivity contribution in [3.05, 3.63) is 5.69 Å². The van der Waals surface area contributed by atoms with Gasteiger partial charge >= 0.3 is 0 Å². The average Bonchev–Trinajstić information content (AvgIpc) is 2.69. The highest BCUT2D eigenvalue weighted by atomic mass is 16.6. The summed E-state index contributed by atoms with van der Waals surface area (Å²) in [5.74, 6) is 0.443. The van der Waals surface area contributed by atoms with Crippen molar-refractivity contribution < 1.29 is 9.84 Å². The maximum absolute atomic E-state index is 9.01. The Balaban J connectivity index is 2.15. The molecule has 0 bridgehead atoms. The lowest BCUT2D eigenvalue weighted by molar-refractivity contribution is 0.207. The Labute approximate surface area is 92.3 Å². The molecule has 0 aromatic carbocycles. The predicted molar refractivity (Wildman–Crippen MR) is 56.1 cm³/mol. The number of hydrogen-bond donors (Lipinski definition) is 2. The maximum atomic E-state index is 9.01. The Hall–Kier alpha value is -1.83. The number of likely N-dealkylation sites (N-methyl/N-ethyl adjacent to an activating group) is 1. The van der Waals surface area contributed by atoms with Gasteiger partial charge in [-0.15, -0.1) is 0 Å². The van der Waals surface area contributed by atoms with Crippen molar-refractivity contribution in [2.75, 3.05) is 39.0 Å². The molecule has 2 rings (SSSR count). The zero-order valence-corrected chi connectivity index (χ0v) is 9.00. The number of piperazine rings is 1. The molecule has 2 heterocycles. The Kier molecular flexibility index (Phi) is 2.91. The number of rotatable bonds is 1. The molecule has 1 aromatic rings. The first-order valence-electron chi connectivity index (χ1n) is 4.96. The number of amidine groups is 1. The van der Waals surface area contributed by atoms with Crippen LogP contribution in [0, 0.1) is 0 Å². The molecule has 0 unspecified atom stereocenters. The van der Waals surface area contributed by atoms with Crippen LogP contribution in [0.1, 0.15) is 5.69 Å². The molecule has 0 aliphatic carbocycles. The van der Waals surface area contributed by atoms with Crippen LogP contribution in [-0.4, -0.2) is 64.4 Å². The minimum Gasteiger partial charge on any atom is -0.409 e. The zero-order valence-electron chi connectivity index (χ0n) is 9.00. The van der Waals surface area contributed by atoms with Gasteiger partial charge in [-0.1, -0.05) is 5.16 Å². The minimum atomic E-state index is 0.131. The van der Waals surface area contributed by atoms with Gasteiger partial charge in [0.2, 0.25) is 5.84 Å². The highest BCUT2D eigenvalue weighted by Crippen LogP contribution is 2.11. The summed E-state index contributed by atoms with van der Waals surface area (Å²) in [5.41, 5.74) is 5.84. The van der Waals surface area contributed by atoms with Gasteiger partial charge in [-0.25, -0.2) is 4.63 Å². The van der Waals surface area contributed by atoms with E-state index in [1.165, 1.54) is 0 Å². The number of aromatic nitrogens is 2. The van der Waals surface area contributed by atoms with Gasteiger partial charge in [0.15, 0.2) is 11.5 Å². The number of nitrogens with zero attached hydrogens (tertiary/aromatic N) is 5. The zero-order chi connectivity index (χ0) is 11.5. The van der Waals surface area contributed by atoms with E-state index in [4.69, 9.17) is 10.9 Å². The lowest BCUT2D eigenvalue weighted by atomic mass is 10.3. The molecule has 1 aliphatic heterocycles. The molecule has 1 saturated heterocycles. The molecule has 1 aliphatic rings. The van der Waals surface area contributed by atoms with E-state index in [2.05, 4.69) is 25.0 Å². The predicted octanol–water partition coefficient (Wildman–Crippen LogP) is -0.965. The van der Waals surface area contributed by atoms with Crippen LogP contribution in [0.25, 0.3) is 0 Å². The van der Waals surface area contributed by atoms with Gasteiger partial charge < -0.3 is 20.7 Å². The van der Waals surface area contributed by atoms with Crippen LogP contribution >= 0.6 is 0 Å². The summed E-state index contributed by atoms with van der Waals surface area (Å²) < 4.78 is 4.49. The van der Waals surface area contributed by atoms with E-state index < -0.39 is 0 Å². The molecule has 0 amide bonds. The fourth-order valence-corrected chi connectivity index (χ4v) is 1.63. The third-order valence-corrected chi connectivity index (χ3v) is 2.62. The van der Waals surface area contributed by atoms with Crippen LogP contribution in [0.2, 0.25) is 0 Å². The molecule has 8 nitrogen and oxygen atoms in total. The Morgan fingerprint density at radius 1 is 1.38 bits per heavy atom. The molecule has 1 fully saturated rings. The Morgan fingerprint density at radius 2 is 2.06 bits per heavy atom. The quantitative estimate of drug-likeness (QED) is 0.275. The molecule has 88 valence electrons. The standard InChI is InChI=1S/C8H14N6O2/c1-13-2-4-14(5-3-13)8(10-15)6-7(9)12-16-11-6/h15H,2-5H2,1H3,(H2,9,12)/b10-8-. The SMILES string of the molecule is CN1CCN(/C(=N\O)c2nonc2N)CC1. The second-order valence-corrected chi connectivity index (χ2v) is 3.71. The van der Waals surface area contributed by atoms with Crippen molar-refractivity contribution in [1.82, 2.24) is 20.1 Å². The lowest BCUT2D eigenvalue weighted by Gasteiger charge is -2.33. The smallest absolute Gasteiger partial charge is 0.201 e. The average molecular weight is 226 g/mol. The van der Waals surface area contributed by atoms with Crippen molar-refractivity contribution in [1.29, 1.82) is 0 Å². The van der Waals surface area contributed by atoms with E-state index in [0.717, 1.165) is 26.2 Å². The van der Waals surface area contributed by atoms with Gasteiger partial charge in [0.25, 0.3) is 0 Å². The molecular weight excluding hydrogens is 212 g/mol. The van der Waals surface area contributed by atoms with Crippen molar-refractivity contribution in [3.8, 4) is 0 Å². The first kappa shape index (κ1) is 10.7. The van der Waals surface area contributed by atoms with Gasteiger partial charge in [0.1, 0.15) is 0 Å². The second kappa shape index (κ2) is 4.35.